The molecule has 0 aromatic heterocycles. The van der Waals surface area contributed by atoms with Crippen molar-refractivity contribution in [2.75, 3.05) is 13.1 Å². The molecule has 5 rings (SSSR count). The Bertz CT molecular complexity index is 517. The first-order valence-electron chi connectivity index (χ1n) is 8.36. The molecule has 1 aliphatic heterocycles. The van der Waals surface area contributed by atoms with E-state index in [9.17, 15) is 4.79 Å². The third kappa shape index (κ3) is 0.807. The summed E-state index contributed by atoms with van der Waals surface area (Å²) in [6.45, 7) is 9.17. The molecule has 0 aromatic rings. The highest BCUT2D eigenvalue weighted by Gasteiger charge is 3.04. The largest absolute Gasteiger partial charge is 0.445 e. The van der Waals surface area contributed by atoms with Crippen molar-refractivity contribution in [3.63, 3.8) is 0 Å². The molecule has 4 aliphatic carbocycles. The molecule has 0 aromatic carbocycles. The second kappa shape index (κ2) is 2.91. The number of hydrogen-bond acceptors (Lipinski definition) is 2. The third-order valence-electron chi connectivity index (χ3n) is 8.60. The van der Waals surface area contributed by atoms with E-state index in [-0.39, 0.29) is 17.6 Å². The molecule has 6 unspecified atom stereocenters. The molecule has 5 fully saturated rings. The van der Waals surface area contributed by atoms with Gasteiger partial charge in [0.2, 0.25) is 0 Å². The van der Waals surface area contributed by atoms with Gasteiger partial charge in [0.05, 0.1) is 0 Å². The molecule has 1 saturated heterocycles. The number of amides is 1. The summed E-state index contributed by atoms with van der Waals surface area (Å²) in [5.74, 6) is 0.827. The number of rotatable bonds is 1. The van der Waals surface area contributed by atoms with E-state index >= 15 is 0 Å². The Kier molecular flexibility index (Phi) is 1.73. The van der Waals surface area contributed by atoms with Crippen LogP contribution in [0.4, 0.5) is 4.79 Å². The number of carbonyl (C=O) groups excluding carboxylic acids is 1. The van der Waals surface area contributed by atoms with Gasteiger partial charge in [0, 0.05) is 18.5 Å². The fourth-order valence-corrected chi connectivity index (χ4v) is 8.16. The normalized spacial score (nSPS) is 61.2. The minimum atomic E-state index is -0.0395. The molecule has 4 saturated carbocycles. The quantitative estimate of drug-likeness (QED) is 0.733. The topological polar surface area (TPSA) is 29.5 Å². The molecule has 1 heterocycles. The van der Waals surface area contributed by atoms with Crippen molar-refractivity contribution in [2.45, 2.75) is 59.0 Å². The van der Waals surface area contributed by atoms with Crippen molar-refractivity contribution in [3.8, 4) is 0 Å². The first kappa shape index (κ1) is 11.9. The van der Waals surface area contributed by atoms with Crippen molar-refractivity contribution in [1.82, 2.24) is 4.90 Å². The highest BCUT2D eigenvalue weighted by atomic mass is 16.6. The Labute approximate surface area is 121 Å². The summed E-state index contributed by atoms with van der Waals surface area (Å²) in [7, 11) is 0. The maximum absolute atomic E-state index is 12.3. The van der Waals surface area contributed by atoms with E-state index in [2.05, 4.69) is 20.8 Å². The van der Waals surface area contributed by atoms with Crippen molar-refractivity contribution in [1.29, 1.82) is 0 Å². The van der Waals surface area contributed by atoms with E-state index in [1.165, 1.54) is 12.8 Å². The van der Waals surface area contributed by atoms with Crippen molar-refractivity contribution in [3.05, 3.63) is 0 Å². The SMILES string of the molecule is CC12CC3(C)C4(C)CC(CC1OC(=O)N1CCCC1)C243. The molecule has 3 heteroatoms. The van der Waals surface area contributed by atoms with Gasteiger partial charge in [-0.15, -0.1) is 0 Å². The summed E-state index contributed by atoms with van der Waals surface area (Å²) in [4.78, 5) is 14.2. The molecule has 3 nitrogen and oxygen atoms in total. The Morgan fingerprint density at radius 3 is 2.40 bits per heavy atom. The molecule has 110 valence electrons. The van der Waals surface area contributed by atoms with E-state index in [0.29, 0.717) is 16.2 Å². The van der Waals surface area contributed by atoms with Gasteiger partial charge in [-0.3, -0.25) is 0 Å². The minimum Gasteiger partial charge on any atom is -0.445 e. The molecule has 0 bridgehead atoms. The van der Waals surface area contributed by atoms with Gasteiger partial charge in [-0.25, -0.2) is 4.79 Å². The van der Waals surface area contributed by atoms with Gasteiger partial charge in [-0.1, -0.05) is 20.8 Å². The molecule has 20 heavy (non-hydrogen) atoms. The van der Waals surface area contributed by atoms with Crippen LogP contribution in [-0.4, -0.2) is 30.2 Å². The molecule has 0 N–H and O–H groups in total. The van der Waals surface area contributed by atoms with E-state index in [4.69, 9.17) is 4.74 Å². The first-order valence-corrected chi connectivity index (χ1v) is 8.36. The minimum absolute atomic E-state index is 0.0395. The van der Waals surface area contributed by atoms with E-state index in [1.807, 2.05) is 4.90 Å². The van der Waals surface area contributed by atoms with Gasteiger partial charge in [-0.05, 0) is 54.3 Å². The smallest absolute Gasteiger partial charge is 0.410 e. The lowest BCUT2D eigenvalue weighted by molar-refractivity contribution is -0.0975. The van der Waals surface area contributed by atoms with Crippen LogP contribution in [0, 0.1) is 27.6 Å². The second-order valence-electron chi connectivity index (χ2n) is 8.77. The van der Waals surface area contributed by atoms with Crippen LogP contribution in [0.3, 0.4) is 0 Å². The molecule has 6 atom stereocenters. The summed E-state index contributed by atoms with van der Waals surface area (Å²) in [5, 5.41) is 0. The van der Waals surface area contributed by atoms with Gasteiger partial charge in [0.15, 0.2) is 0 Å². The second-order valence-corrected chi connectivity index (χ2v) is 8.77. The molecule has 1 spiro atoms. The standard InChI is InChI=1S/C17H25NO2/c1-14-10-16(3)15(2)9-11(17(14,15)16)8-12(14)20-13(19)18-6-4-5-7-18/h11-12H,4-10H2,1-3H3. The highest BCUT2D eigenvalue weighted by molar-refractivity contribution is 5.68. The maximum atomic E-state index is 12.3. The molecule has 1 amide bonds. The van der Waals surface area contributed by atoms with Crippen molar-refractivity contribution < 1.29 is 9.53 Å². The summed E-state index contributed by atoms with van der Waals surface area (Å²) in [5.41, 5.74) is 1.93. The number of carbonyl (C=O) groups is 1. The lowest BCUT2D eigenvalue weighted by Crippen LogP contribution is -2.51. The average Bonchev–Trinajstić information content (AvgIpc) is 2.82. The number of nitrogens with zero attached hydrogens (tertiary/aromatic N) is 1. The van der Waals surface area contributed by atoms with Crippen LogP contribution in [0.5, 0.6) is 0 Å². The third-order valence-corrected chi connectivity index (χ3v) is 8.60. The number of ether oxygens (including phenoxy) is 1. The predicted molar refractivity (Wildman–Crippen MR) is 75.2 cm³/mol. The fourth-order valence-electron chi connectivity index (χ4n) is 8.16. The van der Waals surface area contributed by atoms with Crippen LogP contribution in [0.2, 0.25) is 0 Å². The Morgan fingerprint density at radius 2 is 1.85 bits per heavy atom. The van der Waals surface area contributed by atoms with Crippen LogP contribution < -0.4 is 0 Å². The number of likely N-dealkylation sites (tertiary alicyclic amines) is 1. The lowest BCUT2D eigenvalue weighted by atomic mass is 9.51. The van der Waals surface area contributed by atoms with E-state index < -0.39 is 0 Å². The van der Waals surface area contributed by atoms with Gasteiger partial charge in [0.25, 0.3) is 0 Å². The average molecular weight is 275 g/mol. The van der Waals surface area contributed by atoms with Gasteiger partial charge >= 0.3 is 6.09 Å². The Balaban J connectivity index is 1.39. The van der Waals surface area contributed by atoms with Crippen molar-refractivity contribution >= 4 is 6.09 Å². The molecular formula is C17H25NO2. The van der Waals surface area contributed by atoms with Gasteiger partial charge < -0.3 is 9.64 Å². The highest BCUT2D eigenvalue weighted by Crippen LogP contribution is 3.07. The van der Waals surface area contributed by atoms with Crippen LogP contribution in [0.15, 0.2) is 0 Å². The fraction of sp³-hybridized carbons (Fsp3) is 0.941. The zero-order valence-corrected chi connectivity index (χ0v) is 12.9. The van der Waals surface area contributed by atoms with Crippen LogP contribution in [-0.2, 0) is 4.74 Å². The van der Waals surface area contributed by atoms with Crippen molar-refractivity contribution in [2.24, 2.45) is 27.6 Å². The van der Waals surface area contributed by atoms with Crippen LogP contribution in [0.25, 0.3) is 0 Å². The van der Waals surface area contributed by atoms with Crippen LogP contribution in [0.1, 0.15) is 52.9 Å². The number of hydrogen-bond donors (Lipinski definition) is 0. The van der Waals surface area contributed by atoms with Crippen LogP contribution >= 0.6 is 0 Å². The van der Waals surface area contributed by atoms with Gasteiger partial charge in [-0.2, -0.15) is 0 Å². The molecular weight excluding hydrogens is 250 g/mol. The monoisotopic (exact) mass is 275 g/mol. The summed E-state index contributed by atoms with van der Waals surface area (Å²) in [6.07, 6.45) is 6.18. The number of fused-ring (bicyclic) bond motifs is 1. The first-order chi connectivity index (χ1) is 9.41. The zero-order valence-electron chi connectivity index (χ0n) is 12.9. The lowest BCUT2D eigenvalue weighted by Gasteiger charge is -2.53. The Morgan fingerprint density at radius 1 is 1.15 bits per heavy atom. The summed E-state index contributed by atoms with van der Waals surface area (Å²) < 4.78 is 6.00. The Hall–Kier alpha value is -0.730. The summed E-state index contributed by atoms with van der Waals surface area (Å²) >= 11 is 0. The van der Waals surface area contributed by atoms with E-state index in [0.717, 1.165) is 38.3 Å². The zero-order chi connectivity index (χ0) is 14.0. The summed E-state index contributed by atoms with van der Waals surface area (Å²) in [6, 6.07) is 0. The molecule has 0 radical (unpaired) electrons. The molecule has 5 aliphatic rings. The van der Waals surface area contributed by atoms with E-state index in [1.54, 1.807) is 0 Å². The predicted octanol–water partition coefficient (Wildman–Crippen LogP) is 3.43. The maximum Gasteiger partial charge on any atom is 0.410 e. The van der Waals surface area contributed by atoms with Gasteiger partial charge in [0.1, 0.15) is 6.10 Å².